The van der Waals surface area contributed by atoms with Gasteiger partial charge in [-0.25, -0.2) is 0 Å². The fourth-order valence-electron chi connectivity index (χ4n) is 7.55. The average molecular weight is 560 g/mol. The predicted octanol–water partition coefficient (Wildman–Crippen LogP) is 11.0. The van der Waals surface area contributed by atoms with E-state index in [1.54, 1.807) is 0 Å². The van der Waals surface area contributed by atoms with Crippen molar-refractivity contribution in [3.8, 4) is 33.8 Å². The maximum Gasteiger partial charge on any atom is 0.139 e. The van der Waals surface area contributed by atoms with Gasteiger partial charge in [0.05, 0.1) is 0 Å². The predicted molar refractivity (Wildman–Crippen MR) is 177 cm³/mol. The van der Waals surface area contributed by atoms with Crippen LogP contribution in [0.5, 0.6) is 0 Å². The molecular weight excluding hydrogens is 526 g/mol. The number of aromatic nitrogens is 1. The van der Waals surface area contributed by atoms with Crippen LogP contribution in [0.3, 0.4) is 0 Å². The van der Waals surface area contributed by atoms with E-state index >= 15 is 0 Å². The lowest BCUT2D eigenvalue weighted by atomic mass is 9.78. The van der Waals surface area contributed by atoms with E-state index < -0.39 is 0 Å². The molecular formula is C40H33NO2. The second-order valence-electron chi connectivity index (χ2n) is 12.8. The third-order valence-electron chi connectivity index (χ3n) is 9.61. The van der Waals surface area contributed by atoms with Crippen molar-refractivity contribution < 1.29 is 8.83 Å². The van der Waals surface area contributed by atoms with Crippen LogP contribution < -0.4 is 0 Å². The Hall–Kier alpha value is -4.89. The number of furan rings is 2. The number of rotatable bonds is 4. The van der Waals surface area contributed by atoms with Crippen molar-refractivity contribution in [1.82, 2.24) is 4.98 Å². The molecule has 3 heterocycles. The van der Waals surface area contributed by atoms with Gasteiger partial charge < -0.3 is 8.83 Å². The van der Waals surface area contributed by atoms with Gasteiger partial charge in [-0.2, -0.15) is 0 Å². The maximum absolute atomic E-state index is 6.66. The van der Waals surface area contributed by atoms with Gasteiger partial charge in [-0.3, -0.25) is 4.98 Å². The number of hydrogen-bond donors (Lipinski definition) is 0. The standard InChI is InChI=1S/C40H33NO2/c1-7-9-23(10-8-2)25-11-13-33-29(19-25)35-37(42-33)27-21-32-28(22-31(27)39(35,3)4)38-36(40(32,5)6)30-20-26(12-14-34(30)43-38)24-15-17-41-18-16-24/h7-22H,1H2,2-6H3/b10-8-,23-9+. The number of pyridine rings is 1. The molecule has 0 N–H and O–H groups in total. The van der Waals surface area contributed by atoms with Gasteiger partial charge >= 0.3 is 0 Å². The van der Waals surface area contributed by atoms with Crippen molar-refractivity contribution in [2.45, 2.75) is 45.4 Å². The number of nitrogens with zero attached hydrogens (tertiary/aromatic N) is 1. The Labute approximate surface area is 251 Å². The van der Waals surface area contributed by atoms with Crippen LogP contribution in [0.15, 0.2) is 113 Å². The zero-order chi connectivity index (χ0) is 29.7. The normalized spacial score (nSPS) is 16.1. The molecule has 0 saturated carbocycles. The van der Waals surface area contributed by atoms with Gasteiger partial charge in [-0.15, -0.1) is 0 Å². The largest absolute Gasteiger partial charge is 0.456 e. The third kappa shape index (κ3) is 3.45. The lowest BCUT2D eigenvalue weighted by molar-refractivity contribution is 0.617. The summed E-state index contributed by atoms with van der Waals surface area (Å²) in [6.07, 6.45) is 11.8. The van der Waals surface area contributed by atoms with Crippen LogP contribution in [0.25, 0.3) is 61.3 Å². The number of benzene rings is 3. The van der Waals surface area contributed by atoms with Crippen LogP contribution >= 0.6 is 0 Å². The Morgan fingerprint density at radius 2 is 1.30 bits per heavy atom. The summed E-state index contributed by atoms with van der Waals surface area (Å²) >= 11 is 0. The van der Waals surface area contributed by atoms with E-state index in [1.807, 2.05) is 25.4 Å². The van der Waals surface area contributed by atoms with Crippen LogP contribution in [0.2, 0.25) is 0 Å². The SMILES string of the molecule is C=C/C=C(\C=C/C)c1ccc2oc3c(c2c1)C(C)(C)c1cc2c(cc1-3)C(C)(C)c1c-2oc2ccc(-c3ccncc3)cc12. The van der Waals surface area contributed by atoms with Crippen LogP contribution in [0.4, 0.5) is 0 Å². The van der Waals surface area contributed by atoms with Crippen molar-refractivity contribution in [2.75, 3.05) is 0 Å². The summed E-state index contributed by atoms with van der Waals surface area (Å²) in [7, 11) is 0. The smallest absolute Gasteiger partial charge is 0.139 e. The third-order valence-corrected chi connectivity index (χ3v) is 9.61. The fraction of sp³-hybridized carbons (Fsp3) is 0.175. The molecule has 43 heavy (non-hydrogen) atoms. The molecule has 2 aliphatic rings. The minimum atomic E-state index is -0.236. The second kappa shape index (κ2) is 8.81. The Bertz CT molecular complexity index is 2200. The topological polar surface area (TPSA) is 39.2 Å². The summed E-state index contributed by atoms with van der Waals surface area (Å²) in [4.78, 5) is 4.19. The highest BCUT2D eigenvalue weighted by Crippen LogP contribution is 2.59. The zero-order valence-corrected chi connectivity index (χ0v) is 25.2. The molecule has 3 nitrogen and oxygen atoms in total. The van der Waals surface area contributed by atoms with Gasteiger partial charge in [-0.1, -0.05) is 70.7 Å². The van der Waals surface area contributed by atoms with E-state index in [2.05, 4.69) is 118 Å². The molecule has 0 amide bonds. The summed E-state index contributed by atoms with van der Waals surface area (Å²) < 4.78 is 13.3. The van der Waals surface area contributed by atoms with E-state index in [4.69, 9.17) is 8.83 Å². The highest BCUT2D eigenvalue weighted by atomic mass is 16.3. The van der Waals surface area contributed by atoms with Crippen molar-refractivity contribution in [2.24, 2.45) is 0 Å². The van der Waals surface area contributed by atoms with E-state index in [0.717, 1.165) is 39.4 Å². The van der Waals surface area contributed by atoms with Gasteiger partial charge in [0, 0.05) is 56.2 Å². The van der Waals surface area contributed by atoms with Crippen LogP contribution in [-0.4, -0.2) is 4.98 Å². The van der Waals surface area contributed by atoms with E-state index in [-0.39, 0.29) is 10.8 Å². The lowest BCUT2D eigenvalue weighted by Gasteiger charge is -2.24. The quantitative estimate of drug-likeness (QED) is 0.202. The summed E-state index contributed by atoms with van der Waals surface area (Å²) in [5.41, 5.74) is 13.4. The molecule has 0 atom stereocenters. The molecule has 3 aromatic heterocycles. The Kier molecular flexibility index (Phi) is 5.28. The number of fused-ring (bicyclic) bond motifs is 10. The summed E-state index contributed by atoms with van der Waals surface area (Å²) in [6.45, 7) is 15.2. The molecule has 0 radical (unpaired) electrons. The summed E-state index contributed by atoms with van der Waals surface area (Å²) in [5, 5.41) is 2.34. The molecule has 0 aliphatic heterocycles. The van der Waals surface area contributed by atoms with Crippen molar-refractivity contribution in [3.63, 3.8) is 0 Å². The zero-order valence-electron chi connectivity index (χ0n) is 25.2. The molecule has 210 valence electrons. The van der Waals surface area contributed by atoms with E-state index in [9.17, 15) is 0 Å². The van der Waals surface area contributed by atoms with Gasteiger partial charge in [-0.05, 0) is 88.8 Å². The van der Waals surface area contributed by atoms with Crippen molar-refractivity contribution in [3.05, 3.63) is 132 Å². The molecule has 6 aromatic rings. The van der Waals surface area contributed by atoms with E-state index in [0.29, 0.717) is 0 Å². The molecule has 2 aliphatic carbocycles. The minimum Gasteiger partial charge on any atom is -0.456 e. The highest BCUT2D eigenvalue weighted by molar-refractivity contribution is 6.00. The maximum atomic E-state index is 6.66. The van der Waals surface area contributed by atoms with Gasteiger partial charge in [0.25, 0.3) is 0 Å². The van der Waals surface area contributed by atoms with Crippen LogP contribution in [-0.2, 0) is 10.8 Å². The lowest BCUT2D eigenvalue weighted by Crippen LogP contribution is -2.17. The molecule has 0 bridgehead atoms. The Morgan fingerprint density at radius 3 is 1.88 bits per heavy atom. The number of allylic oxidation sites excluding steroid dienone is 5. The Balaban J connectivity index is 1.31. The minimum absolute atomic E-state index is 0.231. The molecule has 0 saturated heterocycles. The first kappa shape index (κ1) is 25.8. The molecule has 3 aromatic carbocycles. The number of hydrogen-bond acceptors (Lipinski definition) is 3. The Morgan fingerprint density at radius 1 is 0.721 bits per heavy atom. The van der Waals surface area contributed by atoms with Crippen LogP contribution in [0, 0.1) is 0 Å². The highest BCUT2D eigenvalue weighted by Gasteiger charge is 2.46. The van der Waals surface area contributed by atoms with Crippen molar-refractivity contribution >= 4 is 27.5 Å². The van der Waals surface area contributed by atoms with Gasteiger partial charge in [0.2, 0.25) is 0 Å². The molecule has 8 rings (SSSR count). The summed E-state index contributed by atoms with van der Waals surface area (Å²) in [5.74, 6) is 1.97. The van der Waals surface area contributed by atoms with Crippen molar-refractivity contribution in [1.29, 1.82) is 0 Å². The first-order chi connectivity index (χ1) is 20.7. The first-order valence-corrected chi connectivity index (χ1v) is 14.9. The molecule has 0 unspecified atom stereocenters. The van der Waals surface area contributed by atoms with Gasteiger partial charge in [0.1, 0.15) is 22.7 Å². The molecule has 0 spiro atoms. The first-order valence-electron chi connectivity index (χ1n) is 14.9. The monoisotopic (exact) mass is 559 g/mol. The van der Waals surface area contributed by atoms with Gasteiger partial charge in [0.15, 0.2) is 0 Å². The van der Waals surface area contributed by atoms with Crippen LogP contribution in [0.1, 0.15) is 62.4 Å². The molecule has 0 fully saturated rings. The fourth-order valence-corrected chi connectivity index (χ4v) is 7.55. The second-order valence-corrected chi connectivity index (χ2v) is 12.8. The summed E-state index contributed by atoms with van der Waals surface area (Å²) in [6, 6.07) is 21.9. The molecule has 3 heteroatoms. The average Bonchev–Trinajstić information content (AvgIpc) is 3.69. The van der Waals surface area contributed by atoms with E-state index in [1.165, 1.54) is 49.7 Å².